The van der Waals surface area contributed by atoms with Crippen LogP contribution in [0.15, 0.2) is 0 Å². The molecule has 0 spiro atoms. The Hall–Kier alpha value is -0.0800. The predicted molar refractivity (Wildman–Crippen MR) is 62.7 cm³/mol. The van der Waals surface area contributed by atoms with Crippen molar-refractivity contribution in [3.05, 3.63) is 0 Å². The number of nitrogens with zero attached hydrogens (tertiary/aromatic N) is 1. The van der Waals surface area contributed by atoms with Crippen LogP contribution in [0.1, 0.15) is 47.5 Å². The zero-order valence-electron chi connectivity index (χ0n) is 10.5. The van der Waals surface area contributed by atoms with Crippen molar-refractivity contribution in [3.8, 4) is 0 Å². The molecule has 14 heavy (non-hydrogen) atoms. The first-order valence-corrected chi connectivity index (χ1v) is 6.10. The lowest BCUT2D eigenvalue weighted by molar-refractivity contribution is -0.0680. The van der Waals surface area contributed by atoms with Crippen LogP contribution in [0.4, 0.5) is 0 Å². The SMILES string of the molecule is CC.CCCCN1CC(C)OC(C)C1. The highest BCUT2D eigenvalue weighted by atomic mass is 16.5. The van der Waals surface area contributed by atoms with Crippen molar-refractivity contribution in [3.63, 3.8) is 0 Å². The zero-order chi connectivity index (χ0) is 11.0. The number of ether oxygens (including phenoxy) is 1. The Morgan fingerprint density at radius 2 is 1.64 bits per heavy atom. The van der Waals surface area contributed by atoms with Crippen LogP contribution >= 0.6 is 0 Å². The van der Waals surface area contributed by atoms with E-state index in [0.29, 0.717) is 12.2 Å². The minimum atomic E-state index is 0.422. The lowest BCUT2D eigenvalue weighted by Crippen LogP contribution is -2.45. The van der Waals surface area contributed by atoms with Gasteiger partial charge in [0.2, 0.25) is 0 Å². The lowest BCUT2D eigenvalue weighted by atomic mass is 10.2. The van der Waals surface area contributed by atoms with E-state index in [2.05, 4.69) is 25.7 Å². The van der Waals surface area contributed by atoms with Crippen molar-refractivity contribution in [2.75, 3.05) is 19.6 Å². The third-order valence-electron chi connectivity index (χ3n) is 2.32. The van der Waals surface area contributed by atoms with E-state index in [9.17, 15) is 0 Å². The molecule has 2 nitrogen and oxygen atoms in total. The predicted octanol–water partition coefficient (Wildman–Crippen LogP) is 2.92. The quantitative estimate of drug-likeness (QED) is 0.696. The fourth-order valence-corrected chi connectivity index (χ4v) is 1.85. The Bertz CT molecular complexity index is 117. The maximum absolute atomic E-state index is 5.65. The summed E-state index contributed by atoms with van der Waals surface area (Å²) in [6.07, 6.45) is 3.45. The second kappa shape index (κ2) is 8.25. The zero-order valence-corrected chi connectivity index (χ0v) is 10.5. The van der Waals surface area contributed by atoms with Gasteiger partial charge in [-0.1, -0.05) is 27.2 Å². The molecule has 0 radical (unpaired) electrons. The Labute approximate surface area is 89.6 Å². The summed E-state index contributed by atoms with van der Waals surface area (Å²) >= 11 is 0. The number of morpholine rings is 1. The van der Waals surface area contributed by atoms with Gasteiger partial charge in [-0.2, -0.15) is 0 Å². The van der Waals surface area contributed by atoms with Gasteiger partial charge in [0.05, 0.1) is 12.2 Å². The lowest BCUT2D eigenvalue weighted by Gasteiger charge is -2.35. The molecule has 0 aromatic heterocycles. The van der Waals surface area contributed by atoms with Crippen LogP contribution in [0, 0.1) is 0 Å². The molecule has 0 saturated carbocycles. The summed E-state index contributed by atoms with van der Waals surface area (Å²) in [5, 5.41) is 0. The monoisotopic (exact) mass is 201 g/mol. The highest BCUT2D eigenvalue weighted by molar-refractivity contribution is 4.72. The summed E-state index contributed by atoms with van der Waals surface area (Å²) < 4.78 is 5.65. The first-order chi connectivity index (χ1) is 6.72. The van der Waals surface area contributed by atoms with Gasteiger partial charge < -0.3 is 4.74 Å². The number of hydrogen-bond donors (Lipinski definition) is 0. The summed E-state index contributed by atoms with van der Waals surface area (Å²) in [7, 11) is 0. The molecule has 1 aliphatic rings. The van der Waals surface area contributed by atoms with Gasteiger partial charge in [0, 0.05) is 13.1 Å². The van der Waals surface area contributed by atoms with Gasteiger partial charge in [-0.3, -0.25) is 4.90 Å². The first-order valence-electron chi connectivity index (χ1n) is 6.10. The molecule has 2 atom stereocenters. The van der Waals surface area contributed by atoms with E-state index >= 15 is 0 Å². The highest BCUT2D eigenvalue weighted by Crippen LogP contribution is 2.10. The fourth-order valence-electron chi connectivity index (χ4n) is 1.85. The second-order valence-corrected chi connectivity index (χ2v) is 3.87. The van der Waals surface area contributed by atoms with Crippen LogP contribution in [0.25, 0.3) is 0 Å². The Balaban J connectivity index is 0.000000791. The summed E-state index contributed by atoms with van der Waals surface area (Å²) in [5.41, 5.74) is 0. The van der Waals surface area contributed by atoms with E-state index < -0.39 is 0 Å². The topological polar surface area (TPSA) is 12.5 Å². The van der Waals surface area contributed by atoms with Gasteiger partial charge in [-0.25, -0.2) is 0 Å². The Kier molecular flexibility index (Phi) is 8.20. The average Bonchev–Trinajstić information content (AvgIpc) is 2.16. The smallest absolute Gasteiger partial charge is 0.0678 e. The molecular weight excluding hydrogens is 174 g/mol. The fraction of sp³-hybridized carbons (Fsp3) is 1.00. The first kappa shape index (κ1) is 13.9. The Morgan fingerprint density at radius 3 is 2.07 bits per heavy atom. The van der Waals surface area contributed by atoms with E-state index in [1.54, 1.807) is 0 Å². The summed E-state index contributed by atoms with van der Waals surface area (Å²) in [6.45, 7) is 14.0. The molecular formula is C12H27NO. The Morgan fingerprint density at radius 1 is 1.14 bits per heavy atom. The standard InChI is InChI=1S/C10H21NO.C2H6/c1-4-5-6-11-7-9(2)12-10(3)8-11;1-2/h9-10H,4-8H2,1-3H3;1-2H3. The minimum absolute atomic E-state index is 0.422. The molecule has 2 unspecified atom stereocenters. The molecule has 86 valence electrons. The maximum Gasteiger partial charge on any atom is 0.0678 e. The van der Waals surface area contributed by atoms with Crippen LogP contribution in [0.5, 0.6) is 0 Å². The maximum atomic E-state index is 5.65. The normalized spacial score (nSPS) is 28.1. The second-order valence-electron chi connectivity index (χ2n) is 3.87. The van der Waals surface area contributed by atoms with E-state index in [1.807, 2.05) is 13.8 Å². The third-order valence-corrected chi connectivity index (χ3v) is 2.32. The molecule has 1 saturated heterocycles. The van der Waals surface area contributed by atoms with Crippen molar-refractivity contribution in [2.45, 2.75) is 59.7 Å². The summed E-state index contributed by atoms with van der Waals surface area (Å²) in [4.78, 5) is 2.52. The van der Waals surface area contributed by atoms with Gasteiger partial charge in [0.1, 0.15) is 0 Å². The van der Waals surface area contributed by atoms with Crippen molar-refractivity contribution < 1.29 is 4.74 Å². The van der Waals surface area contributed by atoms with Gasteiger partial charge in [-0.15, -0.1) is 0 Å². The molecule has 0 N–H and O–H groups in total. The van der Waals surface area contributed by atoms with Crippen molar-refractivity contribution >= 4 is 0 Å². The highest BCUT2D eigenvalue weighted by Gasteiger charge is 2.20. The van der Waals surface area contributed by atoms with Crippen molar-refractivity contribution in [1.82, 2.24) is 4.90 Å². The largest absolute Gasteiger partial charge is 0.373 e. The van der Waals surface area contributed by atoms with Gasteiger partial charge in [0.15, 0.2) is 0 Å². The van der Waals surface area contributed by atoms with Crippen molar-refractivity contribution in [1.29, 1.82) is 0 Å². The molecule has 0 aromatic carbocycles. The molecule has 1 aliphatic heterocycles. The molecule has 0 aromatic rings. The number of unbranched alkanes of at least 4 members (excludes halogenated alkanes) is 1. The molecule has 0 aliphatic carbocycles. The van der Waals surface area contributed by atoms with Crippen LogP contribution in [-0.2, 0) is 4.74 Å². The molecule has 0 bridgehead atoms. The van der Waals surface area contributed by atoms with Gasteiger partial charge in [-0.05, 0) is 26.8 Å². The van der Waals surface area contributed by atoms with Crippen molar-refractivity contribution in [2.24, 2.45) is 0 Å². The number of hydrogen-bond acceptors (Lipinski definition) is 2. The van der Waals surface area contributed by atoms with E-state index in [4.69, 9.17) is 4.74 Å². The molecule has 1 fully saturated rings. The molecule has 1 rings (SSSR count). The molecule has 0 amide bonds. The molecule has 2 heteroatoms. The average molecular weight is 201 g/mol. The van der Waals surface area contributed by atoms with Crippen LogP contribution in [-0.4, -0.2) is 36.7 Å². The van der Waals surface area contributed by atoms with Crippen LogP contribution < -0.4 is 0 Å². The molecule has 1 heterocycles. The number of rotatable bonds is 3. The van der Waals surface area contributed by atoms with Crippen LogP contribution in [0.2, 0.25) is 0 Å². The van der Waals surface area contributed by atoms with E-state index in [0.717, 1.165) is 13.1 Å². The summed E-state index contributed by atoms with van der Waals surface area (Å²) in [5.74, 6) is 0. The summed E-state index contributed by atoms with van der Waals surface area (Å²) in [6, 6.07) is 0. The van der Waals surface area contributed by atoms with E-state index in [1.165, 1.54) is 19.4 Å². The van der Waals surface area contributed by atoms with E-state index in [-0.39, 0.29) is 0 Å². The van der Waals surface area contributed by atoms with Crippen LogP contribution in [0.3, 0.4) is 0 Å². The van der Waals surface area contributed by atoms with Gasteiger partial charge >= 0.3 is 0 Å². The minimum Gasteiger partial charge on any atom is -0.373 e. The third kappa shape index (κ3) is 5.61. The van der Waals surface area contributed by atoms with Gasteiger partial charge in [0.25, 0.3) is 0 Å².